The smallest absolute Gasteiger partial charge is 0.265 e. The van der Waals surface area contributed by atoms with Gasteiger partial charge in [-0.1, -0.05) is 108 Å². The van der Waals surface area contributed by atoms with Gasteiger partial charge < -0.3 is 0 Å². The topological polar surface area (TPSA) is 109 Å². The summed E-state index contributed by atoms with van der Waals surface area (Å²) in [7, 11) is -4.60. The summed E-state index contributed by atoms with van der Waals surface area (Å²) < 4.78 is 31.2. The molecule has 0 saturated carbocycles. The van der Waals surface area contributed by atoms with E-state index in [1.807, 2.05) is 6.92 Å². The molecule has 250 valence electrons. The molecular formula is C40H31ClN2O6S. The van der Waals surface area contributed by atoms with E-state index in [2.05, 4.69) is 0 Å². The number of fused-ring (bicyclic) bond motifs is 3. The third kappa shape index (κ3) is 5.07. The van der Waals surface area contributed by atoms with Gasteiger partial charge in [0.15, 0.2) is 11.6 Å². The predicted molar refractivity (Wildman–Crippen MR) is 191 cm³/mol. The first-order valence-corrected chi connectivity index (χ1v) is 17.8. The molecule has 5 aromatic carbocycles. The first-order valence-electron chi connectivity index (χ1n) is 16.0. The van der Waals surface area contributed by atoms with Crippen LogP contribution >= 0.6 is 11.6 Å². The number of imide groups is 1. The highest BCUT2D eigenvalue weighted by molar-refractivity contribution is 7.93. The molecule has 5 aromatic rings. The van der Waals surface area contributed by atoms with E-state index < -0.39 is 45.0 Å². The third-order valence-corrected chi connectivity index (χ3v) is 11.7. The summed E-state index contributed by atoms with van der Waals surface area (Å²) in [5.74, 6) is -3.58. The van der Waals surface area contributed by atoms with Gasteiger partial charge in [0.2, 0.25) is 11.8 Å². The number of carbonyl (C=O) groups excluding carboxylic acids is 4. The normalized spacial score (nSPS) is 19.6. The van der Waals surface area contributed by atoms with Crippen molar-refractivity contribution < 1.29 is 27.6 Å². The summed E-state index contributed by atoms with van der Waals surface area (Å²) in [6.45, 7) is 3.05. The minimum Gasteiger partial charge on any atom is -0.294 e. The maximum atomic E-state index is 15.4. The number of Topliss-reactive ketones (excluding diaryl/α,β-unsaturated/α-hetero) is 2. The monoisotopic (exact) mass is 702 g/mol. The van der Waals surface area contributed by atoms with Crippen molar-refractivity contribution in [1.29, 1.82) is 0 Å². The maximum absolute atomic E-state index is 15.4. The van der Waals surface area contributed by atoms with Crippen molar-refractivity contribution in [2.45, 2.75) is 42.5 Å². The molecule has 7 rings (SSSR count). The summed E-state index contributed by atoms with van der Waals surface area (Å²) in [6, 6.07) is 32.3. The minimum atomic E-state index is -4.60. The largest absolute Gasteiger partial charge is 0.294 e. The SMILES string of the molecule is CC(=O)N1C(=O)[C@@]2(c3cc(Cl)ccc31)[C@H](C(=O)c1ccccc1)N(S(=O)(=O)c1ccc(C)cc1)c1ccccc1[C@@H]2CC(=O)c1ccccc1. The van der Waals surface area contributed by atoms with Crippen molar-refractivity contribution in [3.63, 3.8) is 0 Å². The van der Waals surface area contributed by atoms with Crippen LogP contribution < -0.4 is 9.21 Å². The summed E-state index contributed by atoms with van der Waals surface area (Å²) in [5.41, 5.74) is 0.0846. The number of aryl methyl sites for hydroxylation is 1. The van der Waals surface area contributed by atoms with Crippen LogP contribution in [0.1, 0.15) is 56.7 Å². The molecular weight excluding hydrogens is 672 g/mol. The zero-order valence-corrected chi connectivity index (χ0v) is 28.7. The van der Waals surface area contributed by atoms with E-state index in [4.69, 9.17) is 11.6 Å². The molecule has 8 nitrogen and oxygen atoms in total. The second-order valence-corrected chi connectivity index (χ2v) is 14.8. The molecule has 0 saturated heterocycles. The molecule has 0 bridgehead atoms. The van der Waals surface area contributed by atoms with Crippen LogP contribution in [0.25, 0.3) is 0 Å². The van der Waals surface area contributed by atoms with Gasteiger partial charge in [-0.05, 0) is 54.4 Å². The summed E-state index contributed by atoms with van der Waals surface area (Å²) in [6.07, 6.45) is -0.290. The van der Waals surface area contributed by atoms with Gasteiger partial charge in [0, 0.05) is 35.4 Å². The first-order chi connectivity index (χ1) is 24.0. The Kier molecular flexibility index (Phi) is 8.28. The Morgan fingerprint density at radius 1 is 0.760 bits per heavy atom. The van der Waals surface area contributed by atoms with Gasteiger partial charge in [0.05, 0.1) is 16.3 Å². The molecule has 0 aromatic heterocycles. The fraction of sp³-hybridized carbons (Fsp3) is 0.150. The van der Waals surface area contributed by atoms with Gasteiger partial charge in [-0.15, -0.1) is 0 Å². The number of benzene rings is 5. The van der Waals surface area contributed by atoms with Crippen LogP contribution in [0.2, 0.25) is 5.02 Å². The Hall–Kier alpha value is -5.38. The Balaban J connectivity index is 1.63. The lowest BCUT2D eigenvalue weighted by atomic mass is 9.58. The Morgan fingerprint density at radius 2 is 1.36 bits per heavy atom. The van der Waals surface area contributed by atoms with Crippen LogP contribution in [0.5, 0.6) is 0 Å². The van der Waals surface area contributed by atoms with E-state index in [0.29, 0.717) is 11.1 Å². The summed E-state index contributed by atoms with van der Waals surface area (Å²) in [4.78, 5) is 59.1. The lowest BCUT2D eigenvalue weighted by Gasteiger charge is -2.51. The van der Waals surface area contributed by atoms with Gasteiger partial charge >= 0.3 is 0 Å². The van der Waals surface area contributed by atoms with E-state index in [1.165, 1.54) is 37.3 Å². The molecule has 0 aliphatic carbocycles. The molecule has 50 heavy (non-hydrogen) atoms. The number of ketones is 2. The second kappa shape index (κ2) is 12.5. The number of nitrogens with zero attached hydrogens (tertiary/aromatic N) is 2. The summed E-state index contributed by atoms with van der Waals surface area (Å²) >= 11 is 6.63. The van der Waals surface area contributed by atoms with Gasteiger partial charge in [0.1, 0.15) is 11.5 Å². The van der Waals surface area contributed by atoms with E-state index in [1.54, 1.807) is 97.1 Å². The van der Waals surface area contributed by atoms with Crippen molar-refractivity contribution in [3.05, 3.63) is 160 Å². The van der Waals surface area contributed by atoms with E-state index in [9.17, 15) is 9.59 Å². The number of amides is 2. The zero-order chi connectivity index (χ0) is 35.4. The zero-order valence-electron chi connectivity index (χ0n) is 27.1. The second-order valence-electron chi connectivity index (χ2n) is 12.5. The molecule has 2 amide bonds. The van der Waals surface area contributed by atoms with Gasteiger partial charge in [-0.25, -0.2) is 13.3 Å². The number of hydrogen-bond acceptors (Lipinski definition) is 6. The molecule has 2 aliphatic rings. The number of carbonyl (C=O) groups is 4. The molecule has 0 N–H and O–H groups in total. The molecule has 1 spiro atoms. The Bertz CT molecular complexity index is 2290. The lowest BCUT2D eigenvalue weighted by Crippen LogP contribution is -2.66. The number of para-hydroxylation sites is 1. The van der Waals surface area contributed by atoms with Crippen molar-refractivity contribution >= 4 is 56.4 Å². The fourth-order valence-corrected chi connectivity index (χ4v) is 9.31. The van der Waals surface area contributed by atoms with Crippen molar-refractivity contribution in [1.82, 2.24) is 0 Å². The summed E-state index contributed by atoms with van der Waals surface area (Å²) in [5, 5.41) is 0.201. The average Bonchev–Trinajstić information content (AvgIpc) is 3.37. The molecule has 2 aliphatic heterocycles. The number of hydrogen-bond donors (Lipinski definition) is 0. The van der Waals surface area contributed by atoms with Crippen LogP contribution in [0.3, 0.4) is 0 Å². The number of anilines is 2. The molecule has 0 unspecified atom stereocenters. The minimum absolute atomic E-state index is 0.0992. The average molecular weight is 703 g/mol. The van der Waals surface area contributed by atoms with Crippen LogP contribution in [0, 0.1) is 6.92 Å². The highest BCUT2D eigenvalue weighted by Crippen LogP contribution is 2.60. The Labute approximate surface area is 295 Å². The van der Waals surface area contributed by atoms with Crippen molar-refractivity contribution in [3.8, 4) is 0 Å². The van der Waals surface area contributed by atoms with E-state index in [0.717, 1.165) is 14.8 Å². The standard InChI is InChI=1S/C40H31ClN2O6S/c1-25-17-20-30(21-18-25)50(48,49)43-34-16-10-9-15-31(34)32(24-36(45)27-11-5-3-6-12-27)40(38(43)37(46)28-13-7-4-8-14-28)33-23-29(41)19-22-35(33)42(26(2)44)39(40)47/h3-23,32,38H,24H2,1-2H3/t32-,38-,40-/m0/s1. The van der Waals surface area contributed by atoms with Crippen molar-refractivity contribution in [2.75, 3.05) is 9.21 Å². The molecule has 0 radical (unpaired) electrons. The van der Waals surface area contributed by atoms with Crippen LogP contribution in [-0.2, 0) is 25.0 Å². The van der Waals surface area contributed by atoms with Crippen LogP contribution in [0.15, 0.2) is 132 Å². The fourth-order valence-electron chi connectivity index (χ4n) is 7.46. The number of rotatable bonds is 7. The first kappa shape index (κ1) is 33.1. The Morgan fingerprint density at radius 3 is 2.00 bits per heavy atom. The van der Waals surface area contributed by atoms with Gasteiger partial charge in [-0.3, -0.25) is 23.5 Å². The molecule has 2 heterocycles. The molecule has 3 atom stereocenters. The van der Waals surface area contributed by atoms with Gasteiger partial charge in [0.25, 0.3) is 10.0 Å². The van der Waals surface area contributed by atoms with Gasteiger partial charge in [-0.2, -0.15) is 0 Å². The predicted octanol–water partition coefficient (Wildman–Crippen LogP) is 7.30. The van der Waals surface area contributed by atoms with Crippen LogP contribution in [0.4, 0.5) is 11.4 Å². The van der Waals surface area contributed by atoms with E-state index >= 15 is 18.0 Å². The highest BCUT2D eigenvalue weighted by atomic mass is 35.5. The molecule has 0 fully saturated rings. The van der Waals surface area contributed by atoms with E-state index in [-0.39, 0.29) is 44.6 Å². The highest BCUT2D eigenvalue weighted by Gasteiger charge is 2.68. The molecule has 10 heteroatoms. The maximum Gasteiger partial charge on any atom is 0.265 e. The van der Waals surface area contributed by atoms with Crippen molar-refractivity contribution in [2.24, 2.45) is 0 Å². The lowest BCUT2D eigenvalue weighted by molar-refractivity contribution is -0.129. The number of halogens is 1. The number of sulfonamides is 1. The van der Waals surface area contributed by atoms with Crippen LogP contribution in [-0.4, -0.2) is 37.8 Å². The quantitative estimate of drug-likeness (QED) is 0.165. The third-order valence-electron chi connectivity index (χ3n) is 9.65.